The summed E-state index contributed by atoms with van der Waals surface area (Å²) in [6.45, 7) is -0.221. The molecule has 150 valence electrons. The molecule has 0 radical (unpaired) electrons. The van der Waals surface area contributed by atoms with Crippen molar-refractivity contribution in [2.45, 2.75) is 11.3 Å². The second-order valence-corrected chi connectivity index (χ2v) is 7.29. The van der Waals surface area contributed by atoms with Gasteiger partial charge < -0.3 is 20.4 Å². The Kier molecular flexibility index (Phi) is 7.29. The van der Waals surface area contributed by atoms with Crippen LogP contribution in [0.4, 0.5) is 0 Å². The van der Waals surface area contributed by atoms with Crippen molar-refractivity contribution in [3.05, 3.63) is 54.0 Å². The Balaban J connectivity index is 1.63. The van der Waals surface area contributed by atoms with Gasteiger partial charge in [-0.05, 0) is 36.2 Å². The number of nitrogens with one attached hydrogen (secondary N) is 3. The van der Waals surface area contributed by atoms with E-state index in [0.717, 1.165) is 5.56 Å². The zero-order chi connectivity index (χ0) is 20.6. The number of sulfonamides is 1. The molecule has 1 aromatic carbocycles. The molecule has 0 aliphatic rings. The van der Waals surface area contributed by atoms with Gasteiger partial charge in [0.2, 0.25) is 21.8 Å². The first kappa shape index (κ1) is 21.1. The second kappa shape index (κ2) is 9.67. The first-order valence-corrected chi connectivity index (χ1v) is 9.77. The predicted octanol–water partition coefficient (Wildman–Crippen LogP) is -0.868. The number of hydrogen-bond donors (Lipinski definition) is 4. The fraction of sp³-hybridized carbons (Fsp3) is 0.235. The fourth-order valence-corrected chi connectivity index (χ4v) is 2.67. The summed E-state index contributed by atoms with van der Waals surface area (Å²) in [6.07, 6.45) is 1.82. The summed E-state index contributed by atoms with van der Waals surface area (Å²) in [6, 6.07) is 9.01. The normalized spacial score (nSPS) is 10.9. The van der Waals surface area contributed by atoms with Crippen molar-refractivity contribution in [1.29, 1.82) is 0 Å². The Bertz CT molecular complexity index is 923. The molecule has 11 heteroatoms. The highest BCUT2D eigenvalue weighted by atomic mass is 32.2. The molecule has 0 fully saturated rings. The monoisotopic (exact) mass is 408 g/mol. The average Bonchev–Trinajstić information content (AvgIpc) is 3.19. The van der Waals surface area contributed by atoms with Gasteiger partial charge >= 0.3 is 0 Å². The Morgan fingerprint density at radius 1 is 0.929 bits per heavy atom. The van der Waals surface area contributed by atoms with Gasteiger partial charge in [0.05, 0.1) is 24.2 Å². The standard InChI is InChI=1S/C17H20N4O6S/c18-28(25,26)13-5-3-12(4-6-13)7-8-19-15(22)10-20-16(23)11-21-17(24)14-2-1-9-27-14/h1-6,9H,7-8,10-11H2,(H,19,22)(H,20,23)(H,21,24)(H2,18,25,26). The minimum Gasteiger partial charge on any atom is -0.459 e. The number of benzene rings is 1. The highest BCUT2D eigenvalue weighted by molar-refractivity contribution is 7.89. The van der Waals surface area contributed by atoms with E-state index in [9.17, 15) is 22.8 Å². The molecule has 0 atom stereocenters. The lowest BCUT2D eigenvalue weighted by Gasteiger charge is -2.08. The van der Waals surface area contributed by atoms with Gasteiger partial charge in [0.1, 0.15) is 0 Å². The lowest BCUT2D eigenvalue weighted by molar-refractivity contribution is -0.125. The van der Waals surface area contributed by atoms with Gasteiger partial charge in [-0.1, -0.05) is 12.1 Å². The zero-order valence-corrected chi connectivity index (χ0v) is 15.6. The van der Waals surface area contributed by atoms with Crippen molar-refractivity contribution >= 4 is 27.7 Å². The molecule has 0 aliphatic heterocycles. The largest absolute Gasteiger partial charge is 0.459 e. The molecular formula is C17H20N4O6S. The number of hydrogen-bond acceptors (Lipinski definition) is 6. The topological polar surface area (TPSA) is 161 Å². The lowest BCUT2D eigenvalue weighted by atomic mass is 10.1. The SMILES string of the molecule is NS(=O)(=O)c1ccc(CCNC(=O)CNC(=O)CNC(=O)c2ccco2)cc1. The van der Waals surface area contributed by atoms with E-state index in [2.05, 4.69) is 16.0 Å². The maximum absolute atomic E-state index is 11.7. The summed E-state index contributed by atoms with van der Waals surface area (Å²) in [5.41, 5.74) is 0.817. The van der Waals surface area contributed by atoms with Crippen LogP contribution >= 0.6 is 0 Å². The summed E-state index contributed by atoms with van der Waals surface area (Å²) in [4.78, 5) is 35.0. The molecule has 2 rings (SSSR count). The molecule has 1 heterocycles. The maximum Gasteiger partial charge on any atom is 0.287 e. The number of carbonyl (C=O) groups excluding carboxylic acids is 3. The van der Waals surface area contributed by atoms with Gasteiger partial charge in [-0.2, -0.15) is 0 Å². The van der Waals surface area contributed by atoms with Crippen LogP contribution in [-0.2, 0) is 26.0 Å². The van der Waals surface area contributed by atoms with Gasteiger partial charge in [0.15, 0.2) is 5.76 Å². The molecule has 1 aromatic heterocycles. The lowest BCUT2D eigenvalue weighted by Crippen LogP contribution is -2.42. The first-order chi connectivity index (χ1) is 13.3. The highest BCUT2D eigenvalue weighted by Gasteiger charge is 2.11. The van der Waals surface area contributed by atoms with E-state index >= 15 is 0 Å². The van der Waals surface area contributed by atoms with Gasteiger partial charge in [0, 0.05) is 6.54 Å². The van der Waals surface area contributed by atoms with Crippen LogP contribution in [0.1, 0.15) is 16.1 Å². The number of nitrogens with two attached hydrogens (primary N) is 1. The van der Waals surface area contributed by atoms with Crippen LogP contribution in [0.2, 0.25) is 0 Å². The van der Waals surface area contributed by atoms with E-state index < -0.39 is 27.7 Å². The first-order valence-electron chi connectivity index (χ1n) is 8.22. The van der Waals surface area contributed by atoms with Crippen LogP contribution in [0.15, 0.2) is 52.0 Å². The Labute approximate surface area is 161 Å². The summed E-state index contributed by atoms with van der Waals surface area (Å²) in [7, 11) is -3.73. The van der Waals surface area contributed by atoms with Crippen molar-refractivity contribution in [2.75, 3.05) is 19.6 Å². The molecule has 0 saturated heterocycles. The number of primary sulfonamides is 1. The predicted molar refractivity (Wildman–Crippen MR) is 98.6 cm³/mol. The molecule has 0 unspecified atom stereocenters. The van der Waals surface area contributed by atoms with Crippen LogP contribution in [0.25, 0.3) is 0 Å². The zero-order valence-electron chi connectivity index (χ0n) is 14.8. The molecular weight excluding hydrogens is 388 g/mol. The molecule has 3 amide bonds. The highest BCUT2D eigenvalue weighted by Crippen LogP contribution is 2.08. The van der Waals surface area contributed by atoms with Crippen LogP contribution in [0, 0.1) is 0 Å². The third-order valence-electron chi connectivity index (χ3n) is 3.59. The number of carbonyl (C=O) groups is 3. The quantitative estimate of drug-likeness (QED) is 0.422. The minimum absolute atomic E-state index is 0.0159. The van der Waals surface area contributed by atoms with E-state index in [0.29, 0.717) is 13.0 Å². The molecule has 0 saturated carbocycles. The Morgan fingerprint density at radius 2 is 1.57 bits per heavy atom. The van der Waals surface area contributed by atoms with Gasteiger partial charge in [-0.25, -0.2) is 13.6 Å². The number of amides is 3. The van der Waals surface area contributed by atoms with Crippen molar-refractivity contribution in [1.82, 2.24) is 16.0 Å². The van der Waals surface area contributed by atoms with Crippen molar-refractivity contribution in [3.63, 3.8) is 0 Å². The molecule has 0 bridgehead atoms. The molecule has 0 spiro atoms. The fourth-order valence-electron chi connectivity index (χ4n) is 2.15. The van der Waals surface area contributed by atoms with Gasteiger partial charge in [-0.3, -0.25) is 14.4 Å². The summed E-state index contributed by atoms with van der Waals surface area (Å²) in [5, 5.41) is 12.4. The summed E-state index contributed by atoms with van der Waals surface area (Å²) in [5.74, 6) is -1.36. The van der Waals surface area contributed by atoms with E-state index in [1.807, 2.05) is 0 Å². The smallest absolute Gasteiger partial charge is 0.287 e. The minimum atomic E-state index is -3.73. The van der Waals surface area contributed by atoms with Crippen LogP contribution < -0.4 is 21.1 Å². The van der Waals surface area contributed by atoms with Crippen molar-refractivity contribution in [2.24, 2.45) is 5.14 Å². The van der Waals surface area contributed by atoms with Gasteiger partial charge in [0.25, 0.3) is 5.91 Å². The maximum atomic E-state index is 11.7. The van der Waals surface area contributed by atoms with Crippen LogP contribution in [0.5, 0.6) is 0 Å². The van der Waals surface area contributed by atoms with E-state index in [1.54, 1.807) is 18.2 Å². The Hall–Kier alpha value is -3.18. The summed E-state index contributed by atoms with van der Waals surface area (Å²) < 4.78 is 27.2. The van der Waals surface area contributed by atoms with Crippen molar-refractivity contribution < 1.29 is 27.2 Å². The Morgan fingerprint density at radius 3 is 2.18 bits per heavy atom. The average molecular weight is 408 g/mol. The third-order valence-corrected chi connectivity index (χ3v) is 4.52. The van der Waals surface area contributed by atoms with Crippen molar-refractivity contribution in [3.8, 4) is 0 Å². The number of furan rings is 1. The number of rotatable bonds is 9. The van der Waals surface area contributed by atoms with Crippen LogP contribution in [0.3, 0.4) is 0 Å². The van der Waals surface area contributed by atoms with Gasteiger partial charge in [-0.15, -0.1) is 0 Å². The second-order valence-electron chi connectivity index (χ2n) is 5.73. The summed E-state index contributed by atoms with van der Waals surface area (Å²) >= 11 is 0. The molecule has 2 aromatic rings. The molecule has 5 N–H and O–H groups in total. The van der Waals surface area contributed by atoms with Crippen LogP contribution in [-0.4, -0.2) is 45.8 Å². The van der Waals surface area contributed by atoms with E-state index in [4.69, 9.17) is 9.56 Å². The van der Waals surface area contributed by atoms with E-state index in [-0.39, 0.29) is 23.7 Å². The third kappa shape index (κ3) is 6.85. The molecule has 0 aliphatic carbocycles. The molecule has 10 nitrogen and oxygen atoms in total. The van der Waals surface area contributed by atoms with E-state index in [1.165, 1.54) is 24.5 Å². The molecule has 28 heavy (non-hydrogen) atoms.